The number of carbonyl (C=O) groups is 2. The summed E-state index contributed by atoms with van der Waals surface area (Å²) >= 11 is 2.66. The number of carbonyl (C=O) groups excluding carboxylic acids is 2. The summed E-state index contributed by atoms with van der Waals surface area (Å²) in [6.07, 6.45) is 0.355. The van der Waals surface area contributed by atoms with Crippen molar-refractivity contribution in [2.24, 2.45) is 0 Å². The molecule has 6 aromatic rings. The van der Waals surface area contributed by atoms with Gasteiger partial charge in [0.25, 0.3) is 0 Å². The van der Waals surface area contributed by atoms with Crippen molar-refractivity contribution >= 4 is 44.9 Å². The predicted octanol–water partition coefficient (Wildman–Crippen LogP) is 10.0. The molecule has 0 N–H and O–H groups in total. The number of hydrogen-bond acceptors (Lipinski definition) is 9. The Balaban J connectivity index is 1.19. The van der Waals surface area contributed by atoms with Crippen molar-refractivity contribution in [2.45, 2.75) is 58.9 Å². The number of rotatable bonds is 6. The van der Waals surface area contributed by atoms with Crippen LogP contribution in [0.25, 0.3) is 43.2 Å². The second-order valence-corrected chi connectivity index (χ2v) is 16.5. The van der Waals surface area contributed by atoms with E-state index in [9.17, 15) is 14.0 Å². The molecule has 0 unspecified atom stereocenters. The number of methoxy groups -OCH3 is 1. The Labute approximate surface area is 325 Å². The van der Waals surface area contributed by atoms with Gasteiger partial charge in [0.05, 0.1) is 30.4 Å². The van der Waals surface area contributed by atoms with Gasteiger partial charge < -0.3 is 24.0 Å². The molecular weight excluding hydrogens is 743 g/mol. The maximum absolute atomic E-state index is 16.0. The zero-order valence-electron chi connectivity index (χ0n) is 30.8. The van der Waals surface area contributed by atoms with Gasteiger partial charge in [-0.25, -0.2) is 28.3 Å². The molecule has 0 radical (unpaired) electrons. The number of pyridine rings is 1. The van der Waals surface area contributed by atoms with Gasteiger partial charge in [-0.2, -0.15) is 0 Å². The van der Waals surface area contributed by atoms with Crippen LogP contribution in [-0.4, -0.2) is 57.8 Å². The maximum Gasteiger partial charge on any atom is 0.410 e. The SMILES string of the molecule is COc1cc(F)ccc1-c1c(-c2nc3c(s2)CN(C(=O)OCc2ccccc2)CC3)nc(-c2ccc3c(c2)CCN(C(=O)OC(C)(C)C)C3)c2c(F)csc12. The van der Waals surface area contributed by atoms with Crippen LogP contribution in [0.1, 0.15) is 48.0 Å². The molecule has 0 atom stereocenters. The van der Waals surface area contributed by atoms with Crippen LogP contribution in [0.5, 0.6) is 5.75 Å². The monoisotopic (exact) mass is 780 g/mol. The summed E-state index contributed by atoms with van der Waals surface area (Å²) in [5.41, 5.74) is 5.99. The maximum atomic E-state index is 16.0. The molecule has 0 saturated heterocycles. The minimum absolute atomic E-state index is 0.175. The van der Waals surface area contributed by atoms with Crippen LogP contribution in [0.2, 0.25) is 0 Å². The lowest BCUT2D eigenvalue weighted by Crippen LogP contribution is -2.39. The first-order valence-electron chi connectivity index (χ1n) is 17.9. The molecule has 0 spiro atoms. The third-order valence-corrected chi connectivity index (χ3v) is 11.7. The van der Waals surface area contributed by atoms with Gasteiger partial charge in [-0.15, -0.1) is 22.7 Å². The number of fused-ring (bicyclic) bond motifs is 3. The smallest absolute Gasteiger partial charge is 0.410 e. The van der Waals surface area contributed by atoms with Gasteiger partial charge in [-0.3, -0.25) is 0 Å². The fraction of sp³-hybridized carbons (Fsp3) is 0.286. The van der Waals surface area contributed by atoms with Crippen molar-refractivity contribution in [3.63, 3.8) is 0 Å². The Kier molecular flexibility index (Phi) is 9.76. The first-order valence-corrected chi connectivity index (χ1v) is 19.6. The van der Waals surface area contributed by atoms with Crippen molar-refractivity contribution in [1.82, 2.24) is 19.8 Å². The fourth-order valence-corrected chi connectivity index (χ4v) is 9.10. The molecule has 3 aromatic carbocycles. The molecule has 3 aromatic heterocycles. The molecule has 2 aliphatic heterocycles. The molecule has 5 heterocycles. The average Bonchev–Trinajstić information content (AvgIpc) is 3.79. The summed E-state index contributed by atoms with van der Waals surface area (Å²) in [7, 11) is 1.47. The Morgan fingerprint density at radius 3 is 2.44 bits per heavy atom. The number of amides is 2. The number of thiophene rings is 1. The predicted molar refractivity (Wildman–Crippen MR) is 209 cm³/mol. The molecule has 0 aliphatic carbocycles. The minimum Gasteiger partial charge on any atom is -0.496 e. The Morgan fingerprint density at radius 2 is 1.65 bits per heavy atom. The molecule has 8 rings (SSSR count). The van der Waals surface area contributed by atoms with Crippen molar-refractivity contribution in [1.29, 1.82) is 0 Å². The molecule has 2 amide bonds. The van der Waals surface area contributed by atoms with Crippen LogP contribution in [0.3, 0.4) is 0 Å². The van der Waals surface area contributed by atoms with E-state index >= 15 is 4.39 Å². The molecular formula is C42H38F2N4O5S2. The van der Waals surface area contributed by atoms with Crippen molar-refractivity contribution in [2.75, 3.05) is 20.2 Å². The van der Waals surface area contributed by atoms with Crippen LogP contribution in [0, 0.1) is 11.6 Å². The lowest BCUT2D eigenvalue weighted by molar-refractivity contribution is 0.0224. The normalized spacial score (nSPS) is 14.1. The van der Waals surface area contributed by atoms with Crippen LogP contribution < -0.4 is 4.74 Å². The van der Waals surface area contributed by atoms with Crippen molar-refractivity contribution in [3.05, 3.63) is 111 Å². The largest absolute Gasteiger partial charge is 0.496 e. The average molecular weight is 781 g/mol. The van der Waals surface area contributed by atoms with E-state index in [0.29, 0.717) is 76.6 Å². The zero-order valence-corrected chi connectivity index (χ0v) is 32.4. The third-order valence-electron chi connectivity index (χ3n) is 9.64. The number of benzene rings is 3. The Hall–Kier alpha value is -5.40. The molecule has 2 aliphatic rings. The highest BCUT2D eigenvalue weighted by atomic mass is 32.1. The highest BCUT2D eigenvalue weighted by Gasteiger charge is 2.31. The number of nitrogens with zero attached hydrogens (tertiary/aromatic N) is 4. The summed E-state index contributed by atoms with van der Waals surface area (Å²) in [5.74, 6) is -0.611. The van der Waals surface area contributed by atoms with Gasteiger partial charge >= 0.3 is 12.2 Å². The Morgan fingerprint density at radius 1 is 0.873 bits per heavy atom. The minimum atomic E-state index is -0.602. The number of ether oxygens (including phenoxy) is 3. The fourth-order valence-electron chi connectivity index (χ4n) is 7.00. The third kappa shape index (κ3) is 7.38. The van der Waals surface area contributed by atoms with E-state index in [1.165, 1.54) is 47.3 Å². The van der Waals surface area contributed by atoms with Crippen LogP contribution >= 0.6 is 22.7 Å². The molecule has 0 bridgehead atoms. The standard InChI is InChI=1S/C42H38F2N4O5S2/c1-42(2,3)53-41(50)47-16-14-25-18-26(10-11-27(25)20-47)36-35-30(44)23-54-38(35)34(29-13-12-28(43)19-32(29)51-4)37(46-36)39-45-31-15-17-48(21-33(31)55-39)40(49)52-22-24-8-6-5-7-9-24/h5-13,18-19,23H,14-17,20-22H2,1-4H3. The topological polar surface area (TPSA) is 94.1 Å². The molecule has 0 saturated carbocycles. The van der Waals surface area contributed by atoms with Crippen LogP contribution in [-0.2, 0) is 42.0 Å². The van der Waals surface area contributed by atoms with Crippen LogP contribution in [0.15, 0.2) is 72.1 Å². The Bertz CT molecular complexity index is 2440. The molecule has 9 nitrogen and oxygen atoms in total. The summed E-state index contributed by atoms with van der Waals surface area (Å²) in [5, 5.41) is 2.39. The second kappa shape index (κ2) is 14.7. The first kappa shape index (κ1) is 36.6. The lowest BCUT2D eigenvalue weighted by atomic mass is 9.94. The summed E-state index contributed by atoms with van der Waals surface area (Å²) in [4.78, 5) is 40.5. The van der Waals surface area contributed by atoms with Crippen molar-refractivity contribution < 1.29 is 32.6 Å². The molecule has 282 valence electrons. The molecule has 55 heavy (non-hydrogen) atoms. The van der Waals surface area contributed by atoms with Gasteiger partial charge in [0.15, 0.2) is 0 Å². The lowest BCUT2D eigenvalue weighted by Gasteiger charge is -2.31. The molecule has 13 heteroatoms. The van der Waals surface area contributed by atoms with E-state index in [0.717, 1.165) is 32.8 Å². The molecule has 0 fully saturated rings. The van der Waals surface area contributed by atoms with Crippen molar-refractivity contribution in [3.8, 4) is 38.8 Å². The van der Waals surface area contributed by atoms with E-state index in [4.69, 9.17) is 24.2 Å². The summed E-state index contributed by atoms with van der Waals surface area (Å²) in [6, 6.07) is 19.7. The van der Waals surface area contributed by atoms with Gasteiger partial charge in [-0.1, -0.05) is 42.5 Å². The summed E-state index contributed by atoms with van der Waals surface area (Å²) in [6.45, 7) is 7.36. The van der Waals surface area contributed by atoms with E-state index in [-0.39, 0.29) is 18.4 Å². The van der Waals surface area contributed by atoms with E-state index in [1.54, 1.807) is 15.9 Å². The zero-order chi connectivity index (χ0) is 38.4. The van der Waals surface area contributed by atoms with E-state index < -0.39 is 23.3 Å². The number of halogens is 2. The summed E-state index contributed by atoms with van der Waals surface area (Å²) < 4.78 is 48.1. The van der Waals surface area contributed by atoms with E-state index in [2.05, 4.69) is 0 Å². The first-order chi connectivity index (χ1) is 26.5. The highest BCUT2D eigenvalue weighted by molar-refractivity contribution is 7.18. The van der Waals surface area contributed by atoms with Gasteiger partial charge in [0.2, 0.25) is 0 Å². The number of hydrogen-bond donors (Lipinski definition) is 0. The second-order valence-electron chi connectivity index (χ2n) is 14.6. The van der Waals surface area contributed by atoms with Gasteiger partial charge in [0.1, 0.15) is 40.3 Å². The van der Waals surface area contributed by atoms with Crippen LogP contribution in [0.4, 0.5) is 18.4 Å². The number of thiazole rings is 1. The van der Waals surface area contributed by atoms with Gasteiger partial charge in [0, 0.05) is 63.8 Å². The van der Waals surface area contributed by atoms with Gasteiger partial charge in [-0.05, 0) is 62.1 Å². The van der Waals surface area contributed by atoms with E-state index in [1.807, 2.05) is 69.3 Å². The number of aromatic nitrogens is 2. The quantitative estimate of drug-likeness (QED) is 0.166. The highest BCUT2D eigenvalue weighted by Crippen LogP contribution is 2.48.